The van der Waals surface area contributed by atoms with Gasteiger partial charge in [0.1, 0.15) is 0 Å². The Kier molecular flexibility index (Phi) is 4.77. The van der Waals surface area contributed by atoms with E-state index in [1.807, 2.05) is 30.3 Å². The van der Waals surface area contributed by atoms with E-state index in [1.54, 1.807) is 0 Å². The minimum absolute atomic E-state index is 0.125. The number of carboxylic acids is 1. The third-order valence-electron chi connectivity index (χ3n) is 3.36. The summed E-state index contributed by atoms with van der Waals surface area (Å²) in [6.45, 7) is 0. The average Bonchev–Trinajstić information content (AvgIpc) is 3.20. The second-order valence-corrected chi connectivity index (χ2v) is 7.03. The number of carboxylic acid groups (broad SMARTS) is 1. The minimum Gasteiger partial charge on any atom is -0.481 e. The van der Waals surface area contributed by atoms with Gasteiger partial charge in [-0.25, -0.2) is 13.1 Å². The largest absolute Gasteiger partial charge is 0.481 e. The quantitative estimate of drug-likeness (QED) is 0.768. The van der Waals surface area contributed by atoms with Crippen LogP contribution in [-0.4, -0.2) is 25.2 Å². The Morgan fingerprint density at radius 2 is 1.95 bits per heavy atom. The summed E-state index contributed by atoms with van der Waals surface area (Å²) >= 11 is 0. The number of hydrogen-bond donors (Lipinski definition) is 2. The molecule has 2 rings (SSSR count). The van der Waals surface area contributed by atoms with Crippen LogP contribution in [0.15, 0.2) is 30.3 Å². The lowest BCUT2D eigenvalue weighted by molar-refractivity contribution is -0.137. The highest BCUT2D eigenvalue weighted by molar-refractivity contribution is 7.89. The molecule has 1 aromatic rings. The summed E-state index contributed by atoms with van der Waals surface area (Å²) in [4.78, 5) is 10.4. The van der Waals surface area contributed by atoms with E-state index in [-0.39, 0.29) is 24.6 Å². The summed E-state index contributed by atoms with van der Waals surface area (Å²) in [5.41, 5.74) is 0.969. The number of benzene rings is 1. The Labute approximate surface area is 119 Å². The molecule has 0 aromatic heterocycles. The first-order valence-corrected chi connectivity index (χ1v) is 8.40. The number of nitrogens with one attached hydrogen (secondary N) is 1. The van der Waals surface area contributed by atoms with Crippen LogP contribution in [0.25, 0.3) is 0 Å². The molecule has 0 saturated heterocycles. The maximum atomic E-state index is 12.0. The topological polar surface area (TPSA) is 83.5 Å². The molecule has 0 radical (unpaired) electrons. The van der Waals surface area contributed by atoms with E-state index >= 15 is 0 Å². The molecular weight excluding hydrogens is 278 g/mol. The van der Waals surface area contributed by atoms with Crippen LogP contribution in [0.3, 0.4) is 0 Å². The molecule has 2 N–H and O–H groups in total. The van der Waals surface area contributed by atoms with Gasteiger partial charge in [0, 0.05) is 12.5 Å². The van der Waals surface area contributed by atoms with Crippen LogP contribution in [0.2, 0.25) is 0 Å². The molecule has 6 heteroatoms. The van der Waals surface area contributed by atoms with Crippen LogP contribution in [0.1, 0.15) is 37.3 Å². The Morgan fingerprint density at radius 1 is 1.30 bits per heavy atom. The molecule has 110 valence electrons. The molecule has 20 heavy (non-hydrogen) atoms. The van der Waals surface area contributed by atoms with Gasteiger partial charge in [-0.05, 0) is 30.7 Å². The summed E-state index contributed by atoms with van der Waals surface area (Å²) in [5, 5.41) is 8.55. The van der Waals surface area contributed by atoms with E-state index in [4.69, 9.17) is 5.11 Å². The monoisotopic (exact) mass is 297 g/mol. The minimum atomic E-state index is -3.44. The van der Waals surface area contributed by atoms with E-state index in [0.29, 0.717) is 5.92 Å². The molecule has 0 spiro atoms. The molecular formula is C14H19NO4S. The number of carbonyl (C=O) groups is 1. The van der Waals surface area contributed by atoms with Crippen molar-refractivity contribution in [2.75, 3.05) is 5.75 Å². The molecule has 1 saturated carbocycles. The fourth-order valence-electron chi connectivity index (χ4n) is 2.19. The van der Waals surface area contributed by atoms with Crippen molar-refractivity contribution in [1.82, 2.24) is 4.72 Å². The van der Waals surface area contributed by atoms with Crippen LogP contribution < -0.4 is 4.72 Å². The van der Waals surface area contributed by atoms with Crippen molar-refractivity contribution in [2.45, 2.75) is 31.7 Å². The molecule has 1 atom stereocenters. The Balaban J connectivity index is 1.99. The highest BCUT2D eigenvalue weighted by Crippen LogP contribution is 2.41. The summed E-state index contributed by atoms with van der Waals surface area (Å²) in [7, 11) is -3.44. The van der Waals surface area contributed by atoms with Gasteiger partial charge >= 0.3 is 5.97 Å². The Morgan fingerprint density at radius 3 is 2.50 bits per heavy atom. The van der Waals surface area contributed by atoms with Crippen LogP contribution in [0, 0.1) is 5.92 Å². The first-order valence-electron chi connectivity index (χ1n) is 6.75. The number of hydrogen-bond acceptors (Lipinski definition) is 3. The van der Waals surface area contributed by atoms with Gasteiger partial charge in [-0.3, -0.25) is 4.79 Å². The van der Waals surface area contributed by atoms with Crippen molar-refractivity contribution in [3.8, 4) is 0 Å². The summed E-state index contributed by atoms with van der Waals surface area (Å²) < 4.78 is 26.8. The second kappa shape index (κ2) is 6.37. The molecule has 0 amide bonds. The smallest absolute Gasteiger partial charge is 0.303 e. The van der Waals surface area contributed by atoms with E-state index in [9.17, 15) is 13.2 Å². The standard InChI is InChI=1S/C14H19NO4S/c16-13(17)7-4-10-20(18,19)15-14(12-8-9-12)11-5-2-1-3-6-11/h1-3,5-6,12,14-15H,4,7-10H2,(H,16,17). The fourth-order valence-corrected chi connectivity index (χ4v) is 3.55. The zero-order valence-corrected chi connectivity index (χ0v) is 12.0. The molecule has 1 aromatic carbocycles. The van der Waals surface area contributed by atoms with Gasteiger partial charge in [0.15, 0.2) is 0 Å². The van der Waals surface area contributed by atoms with Crippen molar-refractivity contribution in [3.05, 3.63) is 35.9 Å². The SMILES string of the molecule is O=C(O)CCCS(=O)(=O)NC(c1ccccc1)C1CC1. The first-order chi connectivity index (χ1) is 9.48. The second-order valence-electron chi connectivity index (χ2n) is 5.16. The lowest BCUT2D eigenvalue weighted by Crippen LogP contribution is -2.32. The summed E-state index contributed by atoms with van der Waals surface area (Å²) in [6, 6.07) is 9.33. The summed E-state index contributed by atoms with van der Waals surface area (Å²) in [5.74, 6) is -0.760. The van der Waals surface area contributed by atoms with Gasteiger partial charge in [-0.15, -0.1) is 0 Å². The van der Waals surface area contributed by atoms with Gasteiger partial charge in [0.2, 0.25) is 10.0 Å². The van der Waals surface area contributed by atoms with Gasteiger partial charge in [-0.1, -0.05) is 30.3 Å². The van der Waals surface area contributed by atoms with Gasteiger partial charge in [0.05, 0.1) is 5.75 Å². The maximum absolute atomic E-state index is 12.0. The highest BCUT2D eigenvalue weighted by Gasteiger charge is 2.34. The fraction of sp³-hybridized carbons (Fsp3) is 0.500. The Hall–Kier alpha value is -1.40. The van der Waals surface area contributed by atoms with Crippen LogP contribution in [0.5, 0.6) is 0 Å². The number of sulfonamides is 1. The van der Waals surface area contributed by atoms with Gasteiger partial charge in [-0.2, -0.15) is 0 Å². The number of aliphatic carboxylic acids is 1. The average molecular weight is 297 g/mol. The van der Waals surface area contributed by atoms with E-state index in [2.05, 4.69) is 4.72 Å². The zero-order chi connectivity index (χ0) is 14.6. The van der Waals surface area contributed by atoms with Crippen molar-refractivity contribution < 1.29 is 18.3 Å². The highest BCUT2D eigenvalue weighted by atomic mass is 32.2. The van der Waals surface area contributed by atoms with Gasteiger partial charge < -0.3 is 5.11 Å². The normalized spacial score (nSPS) is 16.8. The lowest BCUT2D eigenvalue weighted by Gasteiger charge is -2.18. The third kappa shape index (κ3) is 4.61. The van der Waals surface area contributed by atoms with Crippen LogP contribution in [-0.2, 0) is 14.8 Å². The van der Waals surface area contributed by atoms with Crippen molar-refractivity contribution in [1.29, 1.82) is 0 Å². The van der Waals surface area contributed by atoms with E-state index in [0.717, 1.165) is 18.4 Å². The Bertz CT molecular complexity index is 552. The summed E-state index contributed by atoms with van der Waals surface area (Å²) in [6.07, 6.45) is 2.06. The maximum Gasteiger partial charge on any atom is 0.303 e. The first kappa shape index (κ1) is 15.0. The van der Waals surface area contributed by atoms with Crippen molar-refractivity contribution >= 4 is 16.0 Å². The van der Waals surface area contributed by atoms with Gasteiger partial charge in [0.25, 0.3) is 0 Å². The van der Waals surface area contributed by atoms with Crippen LogP contribution >= 0.6 is 0 Å². The molecule has 0 heterocycles. The molecule has 1 unspecified atom stereocenters. The third-order valence-corrected chi connectivity index (χ3v) is 4.80. The molecule has 1 aliphatic rings. The van der Waals surface area contributed by atoms with Crippen molar-refractivity contribution in [2.24, 2.45) is 5.92 Å². The lowest BCUT2D eigenvalue weighted by atomic mass is 10.0. The predicted molar refractivity (Wildman–Crippen MR) is 75.7 cm³/mol. The zero-order valence-electron chi connectivity index (χ0n) is 11.2. The number of rotatable bonds is 8. The molecule has 5 nitrogen and oxygen atoms in total. The molecule has 0 aliphatic heterocycles. The predicted octanol–water partition coefficient (Wildman–Crippen LogP) is 1.92. The van der Waals surface area contributed by atoms with Crippen molar-refractivity contribution in [3.63, 3.8) is 0 Å². The molecule has 1 fully saturated rings. The van der Waals surface area contributed by atoms with Crippen LogP contribution in [0.4, 0.5) is 0 Å². The van der Waals surface area contributed by atoms with E-state index in [1.165, 1.54) is 0 Å². The molecule has 1 aliphatic carbocycles. The molecule has 0 bridgehead atoms. The van der Waals surface area contributed by atoms with E-state index < -0.39 is 16.0 Å².